The first kappa shape index (κ1) is 16.3. The number of rotatable bonds is 3. The molecule has 1 saturated heterocycles. The average molecular weight is 325 g/mol. The van der Waals surface area contributed by atoms with Crippen LogP contribution in [0, 0.1) is 6.92 Å². The van der Waals surface area contributed by atoms with Gasteiger partial charge in [0.1, 0.15) is 0 Å². The molecule has 0 spiro atoms. The number of nitrogens with zero attached hydrogens (tertiary/aromatic N) is 2. The summed E-state index contributed by atoms with van der Waals surface area (Å²) >= 11 is 0. The molecule has 5 nitrogen and oxygen atoms in total. The number of hydrogen-bond donors (Lipinski definition) is 1. The highest BCUT2D eigenvalue weighted by atomic mass is 16.2. The van der Waals surface area contributed by atoms with Crippen LogP contribution < -0.4 is 10.5 Å². The van der Waals surface area contributed by atoms with E-state index in [9.17, 15) is 9.59 Å². The summed E-state index contributed by atoms with van der Waals surface area (Å²) in [5.74, 6) is -0.0383. The van der Waals surface area contributed by atoms with Crippen LogP contribution in [-0.2, 0) is 0 Å². The third kappa shape index (κ3) is 3.35. The molecule has 3 rings (SSSR count). The molecule has 1 aliphatic heterocycles. The molecular formula is C19H23N3O2. The summed E-state index contributed by atoms with van der Waals surface area (Å²) in [5, 5.41) is 0. The minimum absolute atomic E-state index is 0.0383. The Morgan fingerprint density at radius 1 is 1.29 bits per heavy atom. The normalized spacial score (nSPS) is 17.6. The van der Waals surface area contributed by atoms with Gasteiger partial charge in [-0.3, -0.25) is 9.59 Å². The SMILES string of the molecule is Cc1cc(=O)[nH]cc1C(=O)N(C)C1CCCN(c2ccccc2)C1. The number of aromatic nitrogens is 1. The minimum atomic E-state index is -0.181. The second kappa shape index (κ2) is 6.91. The summed E-state index contributed by atoms with van der Waals surface area (Å²) < 4.78 is 0. The standard InChI is InChI=1S/C19H23N3O2/c1-14-11-18(23)20-12-17(14)19(24)21(2)16-9-6-10-22(13-16)15-7-4-3-5-8-15/h3-5,7-8,11-12,16H,6,9-10,13H2,1-2H3,(H,20,23). The molecule has 0 aliphatic carbocycles. The fourth-order valence-electron chi connectivity index (χ4n) is 3.30. The lowest BCUT2D eigenvalue weighted by atomic mass is 10.0. The molecule has 1 aromatic carbocycles. The maximum Gasteiger partial charge on any atom is 0.255 e. The first-order chi connectivity index (χ1) is 11.6. The van der Waals surface area contributed by atoms with Crippen LogP contribution in [0.3, 0.4) is 0 Å². The molecule has 24 heavy (non-hydrogen) atoms. The summed E-state index contributed by atoms with van der Waals surface area (Å²) in [5.41, 5.74) is 2.29. The van der Waals surface area contributed by atoms with Gasteiger partial charge in [0, 0.05) is 44.1 Å². The molecule has 1 fully saturated rings. The molecular weight excluding hydrogens is 302 g/mol. The van der Waals surface area contributed by atoms with Crippen molar-refractivity contribution in [3.8, 4) is 0 Å². The number of aryl methyl sites for hydroxylation is 1. The number of para-hydroxylation sites is 1. The van der Waals surface area contributed by atoms with E-state index in [4.69, 9.17) is 0 Å². The van der Waals surface area contributed by atoms with Crippen molar-refractivity contribution in [2.24, 2.45) is 0 Å². The van der Waals surface area contributed by atoms with Gasteiger partial charge in [-0.2, -0.15) is 0 Å². The van der Waals surface area contributed by atoms with E-state index in [0.717, 1.165) is 25.9 Å². The molecule has 1 aliphatic rings. The number of amides is 1. The van der Waals surface area contributed by atoms with E-state index in [-0.39, 0.29) is 17.5 Å². The minimum Gasteiger partial charge on any atom is -0.369 e. The van der Waals surface area contributed by atoms with Gasteiger partial charge >= 0.3 is 0 Å². The number of carbonyl (C=O) groups excluding carboxylic acids is 1. The monoisotopic (exact) mass is 325 g/mol. The van der Waals surface area contributed by atoms with Crippen LogP contribution >= 0.6 is 0 Å². The topological polar surface area (TPSA) is 56.4 Å². The first-order valence-electron chi connectivity index (χ1n) is 8.33. The number of benzene rings is 1. The number of pyridine rings is 1. The maximum absolute atomic E-state index is 12.8. The zero-order valence-electron chi connectivity index (χ0n) is 14.2. The third-order valence-electron chi connectivity index (χ3n) is 4.75. The Hall–Kier alpha value is -2.56. The zero-order valence-corrected chi connectivity index (χ0v) is 14.2. The molecule has 1 N–H and O–H groups in total. The number of nitrogens with one attached hydrogen (secondary N) is 1. The van der Waals surface area contributed by atoms with Gasteiger partial charge in [0.05, 0.1) is 5.56 Å². The van der Waals surface area contributed by atoms with Crippen molar-refractivity contribution in [2.75, 3.05) is 25.0 Å². The second-order valence-corrected chi connectivity index (χ2v) is 6.39. The van der Waals surface area contributed by atoms with Crippen molar-refractivity contribution in [1.82, 2.24) is 9.88 Å². The smallest absolute Gasteiger partial charge is 0.255 e. The number of piperidine rings is 1. The Balaban J connectivity index is 1.75. The number of hydrogen-bond acceptors (Lipinski definition) is 3. The van der Waals surface area contributed by atoms with Gasteiger partial charge in [-0.1, -0.05) is 18.2 Å². The quantitative estimate of drug-likeness (QED) is 0.943. The van der Waals surface area contributed by atoms with E-state index in [0.29, 0.717) is 11.1 Å². The predicted octanol–water partition coefficient (Wildman–Crippen LogP) is 2.42. The summed E-state index contributed by atoms with van der Waals surface area (Å²) in [7, 11) is 1.85. The predicted molar refractivity (Wildman–Crippen MR) is 95.6 cm³/mol. The van der Waals surface area contributed by atoms with E-state index in [1.165, 1.54) is 18.0 Å². The lowest BCUT2D eigenvalue weighted by molar-refractivity contribution is 0.0716. The number of aromatic amines is 1. The molecule has 0 bridgehead atoms. The van der Waals surface area contributed by atoms with Gasteiger partial charge in [-0.15, -0.1) is 0 Å². The van der Waals surface area contributed by atoms with Gasteiger partial charge < -0.3 is 14.8 Å². The number of carbonyl (C=O) groups is 1. The van der Waals surface area contributed by atoms with E-state index in [1.807, 2.05) is 30.1 Å². The highest BCUT2D eigenvalue weighted by molar-refractivity contribution is 5.95. The Bertz CT molecular complexity index is 770. The lowest BCUT2D eigenvalue weighted by Gasteiger charge is -2.39. The van der Waals surface area contributed by atoms with Crippen LogP contribution in [0.1, 0.15) is 28.8 Å². The van der Waals surface area contributed by atoms with E-state index < -0.39 is 0 Å². The van der Waals surface area contributed by atoms with Crippen molar-refractivity contribution in [2.45, 2.75) is 25.8 Å². The molecule has 0 radical (unpaired) electrons. The largest absolute Gasteiger partial charge is 0.369 e. The summed E-state index contributed by atoms with van der Waals surface area (Å²) in [6.45, 7) is 3.64. The summed E-state index contributed by atoms with van der Waals surface area (Å²) in [6, 6.07) is 11.9. The molecule has 1 amide bonds. The summed E-state index contributed by atoms with van der Waals surface area (Å²) in [4.78, 5) is 30.9. The molecule has 2 aromatic rings. The van der Waals surface area contributed by atoms with Gasteiger partial charge in [0.2, 0.25) is 5.56 Å². The zero-order chi connectivity index (χ0) is 17.1. The van der Waals surface area contributed by atoms with Crippen LogP contribution in [0.2, 0.25) is 0 Å². The highest BCUT2D eigenvalue weighted by Crippen LogP contribution is 2.22. The van der Waals surface area contributed by atoms with Crippen LogP contribution in [0.5, 0.6) is 0 Å². The van der Waals surface area contributed by atoms with Gasteiger partial charge in [0.25, 0.3) is 5.91 Å². The van der Waals surface area contributed by atoms with Crippen molar-refractivity contribution < 1.29 is 4.79 Å². The Kier molecular flexibility index (Phi) is 4.69. The van der Waals surface area contributed by atoms with Gasteiger partial charge in [-0.25, -0.2) is 0 Å². The van der Waals surface area contributed by atoms with Crippen molar-refractivity contribution in [1.29, 1.82) is 0 Å². The number of likely N-dealkylation sites (N-methyl/N-ethyl adjacent to an activating group) is 1. The first-order valence-corrected chi connectivity index (χ1v) is 8.33. The number of H-pyrrole nitrogens is 1. The molecule has 1 unspecified atom stereocenters. The Morgan fingerprint density at radius 2 is 2.04 bits per heavy atom. The fourth-order valence-corrected chi connectivity index (χ4v) is 3.30. The van der Waals surface area contributed by atoms with E-state index in [1.54, 1.807) is 6.92 Å². The molecule has 5 heteroatoms. The van der Waals surface area contributed by atoms with Crippen molar-refractivity contribution >= 4 is 11.6 Å². The van der Waals surface area contributed by atoms with Crippen LogP contribution in [0.25, 0.3) is 0 Å². The van der Waals surface area contributed by atoms with Crippen LogP contribution in [-0.4, -0.2) is 42.0 Å². The second-order valence-electron chi connectivity index (χ2n) is 6.39. The Labute approximate surface area is 141 Å². The molecule has 0 saturated carbocycles. The summed E-state index contributed by atoms with van der Waals surface area (Å²) in [6.07, 6.45) is 3.57. The van der Waals surface area contributed by atoms with Gasteiger partial charge in [0.15, 0.2) is 0 Å². The van der Waals surface area contributed by atoms with Crippen LogP contribution in [0.4, 0.5) is 5.69 Å². The van der Waals surface area contributed by atoms with Crippen molar-refractivity contribution in [3.05, 3.63) is 64.1 Å². The molecule has 1 aromatic heterocycles. The third-order valence-corrected chi connectivity index (χ3v) is 4.75. The van der Waals surface area contributed by atoms with Crippen molar-refractivity contribution in [3.63, 3.8) is 0 Å². The van der Waals surface area contributed by atoms with Crippen LogP contribution in [0.15, 0.2) is 47.4 Å². The lowest BCUT2D eigenvalue weighted by Crippen LogP contribution is -2.48. The van der Waals surface area contributed by atoms with E-state index in [2.05, 4.69) is 22.0 Å². The molecule has 1 atom stereocenters. The van der Waals surface area contributed by atoms with E-state index >= 15 is 0 Å². The fraction of sp³-hybridized carbons (Fsp3) is 0.368. The highest BCUT2D eigenvalue weighted by Gasteiger charge is 2.27. The van der Waals surface area contributed by atoms with Gasteiger partial charge in [-0.05, 0) is 37.5 Å². The molecule has 2 heterocycles. The number of anilines is 1. The molecule has 126 valence electrons. The Morgan fingerprint density at radius 3 is 2.75 bits per heavy atom. The average Bonchev–Trinajstić information content (AvgIpc) is 2.61. The maximum atomic E-state index is 12.8.